The number of rotatable bonds is 8. The van der Waals surface area contributed by atoms with Crippen LogP contribution >= 0.6 is 0 Å². The van der Waals surface area contributed by atoms with Gasteiger partial charge >= 0.3 is 5.97 Å². The first-order valence-electron chi connectivity index (χ1n) is 13.5. The zero-order valence-corrected chi connectivity index (χ0v) is 22.7. The van der Waals surface area contributed by atoms with E-state index in [-0.39, 0.29) is 41.3 Å². The van der Waals surface area contributed by atoms with Crippen LogP contribution in [0.25, 0.3) is 11.1 Å². The summed E-state index contributed by atoms with van der Waals surface area (Å²) in [6.45, 7) is 3.54. The summed E-state index contributed by atoms with van der Waals surface area (Å²) < 4.78 is 11.6. The van der Waals surface area contributed by atoms with Crippen molar-refractivity contribution in [1.29, 1.82) is 0 Å². The summed E-state index contributed by atoms with van der Waals surface area (Å²) in [4.78, 5) is 50.9. The molecule has 10 heteroatoms. The summed E-state index contributed by atoms with van der Waals surface area (Å²) in [5.41, 5.74) is 3.21. The molecule has 212 valence electrons. The van der Waals surface area contributed by atoms with Gasteiger partial charge in [0.15, 0.2) is 5.78 Å². The number of allylic oxidation sites excluding steroid dienone is 1. The van der Waals surface area contributed by atoms with Gasteiger partial charge in [0.25, 0.3) is 5.69 Å². The minimum Gasteiger partial charge on any atom is -0.489 e. The Kier molecular flexibility index (Phi) is 6.70. The standard InChI is InChI=1S/C32H26N2O8/c1-17-21(10-6-16-41-25-11-5-9-24-27(25)22-7-3-4-8-23(22)30(24)36)29(33-28(17)26(18(2)35)31(33)37)32(38)42-20-14-12-19(13-15-20)34(39)40/h3-15,17-18,26,28,35H,16H2,1-2H3/b10-6+/t17-,18+,26+,28+/m0/s1. The van der Waals surface area contributed by atoms with E-state index in [2.05, 4.69) is 0 Å². The molecule has 2 aliphatic heterocycles. The molecule has 3 aliphatic rings. The van der Waals surface area contributed by atoms with Gasteiger partial charge in [-0.3, -0.25) is 19.7 Å². The monoisotopic (exact) mass is 566 g/mol. The Balaban J connectivity index is 1.26. The molecule has 1 N–H and O–H groups in total. The number of fused-ring (bicyclic) bond motifs is 4. The van der Waals surface area contributed by atoms with Gasteiger partial charge in [-0.2, -0.15) is 0 Å². The maximum Gasteiger partial charge on any atom is 0.360 e. The van der Waals surface area contributed by atoms with Crippen molar-refractivity contribution in [2.24, 2.45) is 11.8 Å². The number of aliphatic hydroxyl groups is 1. The topological polar surface area (TPSA) is 136 Å². The number of nitro benzene ring substituents is 1. The highest BCUT2D eigenvalue weighted by atomic mass is 16.6. The van der Waals surface area contributed by atoms with Gasteiger partial charge in [0.2, 0.25) is 5.91 Å². The molecule has 42 heavy (non-hydrogen) atoms. The number of esters is 1. The van der Waals surface area contributed by atoms with Crippen molar-refractivity contribution in [2.45, 2.75) is 26.0 Å². The molecular formula is C32H26N2O8. The number of benzene rings is 3. The molecule has 0 aromatic heterocycles. The third kappa shape index (κ3) is 4.27. The number of nitro groups is 1. The normalized spacial score (nSPS) is 21.1. The minimum atomic E-state index is -0.898. The Bertz CT molecular complexity index is 1710. The number of ketones is 1. The first-order chi connectivity index (χ1) is 20.2. The van der Waals surface area contributed by atoms with Crippen LogP contribution < -0.4 is 9.47 Å². The Morgan fingerprint density at radius 3 is 2.43 bits per heavy atom. The van der Waals surface area contributed by atoms with Crippen LogP contribution in [0.1, 0.15) is 29.8 Å². The average Bonchev–Trinajstić information content (AvgIpc) is 3.40. The van der Waals surface area contributed by atoms with E-state index >= 15 is 0 Å². The van der Waals surface area contributed by atoms with Crippen LogP contribution in [0.5, 0.6) is 11.5 Å². The van der Waals surface area contributed by atoms with E-state index in [0.717, 1.165) is 11.1 Å². The highest BCUT2D eigenvalue weighted by molar-refractivity contribution is 6.22. The first kappa shape index (κ1) is 27.1. The van der Waals surface area contributed by atoms with Gasteiger partial charge in [0, 0.05) is 34.7 Å². The highest BCUT2D eigenvalue weighted by Crippen LogP contribution is 2.48. The first-order valence-corrected chi connectivity index (χ1v) is 13.5. The van der Waals surface area contributed by atoms with Crippen LogP contribution in [0, 0.1) is 22.0 Å². The van der Waals surface area contributed by atoms with E-state index in [0.29, 0.717) is 22.4 Å². The predicted molar refractivity (Wildman–Crippen MR) is 151 cm³/mol. The second kappa shape index (κ2) is 10.4. The molecule has 3 aromatic carbocycles. The second-order valence-corrected chi connectivity index (χ2v) is 10.5. The molecule has 3 aromatic rings. The van der Waals surface area contributed by atoms with E-state index in [1.807, 2.05) is 25.1 Å². The van der Waals surface area contributed by atoms with Crippen LogP contribution in [0.3, 0.4) is 0 Å². The number of aliphatic hydroxyl groups excluding tert-OH is 1. The summed E-state index contributed by atoms with van der Waals surface area (Å²) in [5, 5.41) is 21.2. The number of carbonyl (C=O) groups is 3. The Labute approximate surface area is 240 Å². The molecule has 1 aliphatic carbocycles. The number of non-ortho nitro benzene ring substituents is 1. The number of β-lactam (4-membered cyclic amide) rings is 1. The lowest BCUT2D eigenvalue weighted by Gasteiger charge is -2.46. The lowest BCUT2D eigenvalue weighted by atomic mass is 9.78. The summed E-state index contributed by atoms with van der Waals surface area (Å²) in [7, 11) is 0. The molecular weight excluding hydrogens is 540 g/mol. The van der Waals surface area contributed by atoms with Crippen molar-refractivity contribution in [3.8, 4) is 22.6 Å². The number of ether oxygens (including phenoxy) is 2. The molecule has 10 nitrogen and oxygen atoms in total. The van der Waals surface area contributed by atoms with E-state index in [1.165, 1.54) is 29.2 Å². The molecule has 0 radical (unpaired) electrons. The van der Waals surface area contributed by atoms with Crippen molar-refractivity contribution < 1.29 is 33.9 Å². The molecule has 0 unspecified atom stereocenters. The Morgan fingerprint density at radius 1 is 1.05 bits per heavy atom. The molecule has 4 atom stereocenters. The van der Waals surface area contributed by atoms with Gasteiger partial charge in [-0.1, -0.05) is 49.4 Å². The third-order valence-electron chi connectivity index (χ3n) is 8.02. The van der Waals surface area contributed by atoms with E-state index < -0.39 is 29.0 Å². The van der Waals surface area contributed by atoms with Crippen molar-refractivity contribution in [3.05, 3.63) is 111 Å². The van der Waals surface area contributed by atoms with Gasteiger partial charge < -0.3 is 19.5 Å². The van der Waals surface area contributed by atoms with Gasteiger partial charge in [-0.15, -0.1) is 0 Å². The maximum atomic E-state index is 13.4. The van der Waals surface area contributed by atoms with E-state index in [9.17, 15) is 29.6 Å². The lowest BCUT2D eigenvalue weighted by molar-refractivity contribution is -0.384. The van der Waals surface area contributed by atoms with Gasteiger partial charge in [-0.05, 0) is 42.3 Å². The minimum absolute atomic E-state index is 0.0513. The molecule has 1 saturated heterocycles. The van der Waals surface area contributed by atoms with Crippen molar-refractivity contribution in [3.63, 3.8) is 0 Å². The van der Waals surface area contributed by atoms with Gasteiger partial charge in [-0.25, -0.2) is 4.79 Å². The molecule has 0 bridgehead atoms. The van der Waals surface area contributed by atoms with Gasteiger partial charge in [0.05, 0.1) is 23.0 Å². The smallest absolute Gasteiger partial charge is 0.360 e. The average molecular weight is 567 g/mol. The van der Waals surface area contributed by atoms with E-state index in [4.69, 9.17) is 9.47 Å². The number of hydrogen-bond donors (Lipinski definition) is 1. The number of amides is 1. The predicted octanol–water partition coefficient (Wildman–Crippen LogP) is 4.46. The lowest BCUT2D eigenvalue weighted by Crippen LogP contribution is -2.63. The molecule has 2 heterocycles. The third-order valence-corrected chi connectivity index (χ3v) is 8.02. The fourth-order valence-electron chi connectivity index (χ4n) is 6.07. The molecule has 1 fully saturated rings. The SMILES string of the molecule is C[C@@H](O)[C@H]1C(=O)N2C(C(=O)Oc3ccc([N+](=O)[O-])cc3)=C(/C=C/COc3cccc4c3-c3ccccc3C4=O)[C@H](C)[C@H]12. The van der Waals surface area contributed by atoms with Gasteiger partial charge in [0.1, 0.15) is 23.8 Å². The summed E-state index contributed by atoms with van der Waals surface area (Å²) in [6.07, 6.45) is 2.54. The molecule has 1 amide bonds. The molecule has 0 saturated carbocycles. The molecule has 6 rings (SSSR count). The zero-order chi connectivity index (χ0) is 29.7. The van der Waals surface area contributed by atoms with Crippen LogP contribution in [0.15, 0.2) is 90.2 Å². The number of carbonyl (C=O) groups excluding carboxylic acids is 3. The Morgan fingerprint density at radius 2 is 1.74 bits per heavy atom. The van der Waals surface area contributed by atoms with Crippen LogP contribution in [-0.4, -0.2) is 51.3 Å². The van der Waals surface area contributed by atoms with Crippen LogP contribution in [0.2, 0.25) is 0 Å². The summed E-state index contributed by atoms with van der Waals surface area (Å²) >= 11 is 0. The molecule has 0 spiro atoms. The second-order valence-electron chi connectivity index (χ2n) is 10.5. The van der Waals surface area contributed by atoms with Crippen molar-refractivity contribution >= 4 is 23.3 Å². The van der Waals surface area contributed by atoms with Crippen molar-refractivity contribution in [1.82, 2.24) is 4.90 Å². The summed E-state index contributed by atoms with van der Waals surface area (Å²) in [5.74, 6) is -1.52. The van der Waals surface area contributed by atoms with E-state index in [1.54, 1.807) is 43.3 Å². The largest absolute Gasteiger partial charge is 0.489 e. The zero-order valence-electron chi connectivity index (χ0n) is 22.7. The fraction of sp³-hybridized carbons (Fsp3) is 0.219. The quantitative estimate of drug-likeness (QED) is 0.109. The van der Waals surface area contributed by atoms with Crippen molar-refractivity contribution in [2.75, 3.05) is 6.61 Å². The van der Waals surface area contributed by atoms with Crippen LogP contribution in [-0.2, 0) is 9.59 Å². The maximum absolute atomic E-state index is 13.4. The summed E-state index contributed by atoms with van der Waals surface area (Å²) in [6, 6.07) is 17.4. The number of hydrogen-bond acceptors (Lipinski definition) is 8. The fourth-order valence-corrected chi connectivity index (χ4v) is 6.07. The van der Waals surface area contributed by atoms with Crippen LogP contribution in [0.4, 0.5) is 5.69 Å². The number of nitrogens with zero attached hydrogens (tertiary/aromatic N) is 2. The highest BCUT2D eigenvalue weighted by Gasteiger charge is 2.59. The Hall–Kier alpha value is -5.09.